The van der Waals surface area contributed by atoms with Crippen LogP contribution in [-0.2, 0) is 14.3 Å². The summed E-state index contributed by atoms with van der Waals surface area (Å²) in [6.45, 7) is 0.709. The van der Waals surface area contributed by atoms with E-state index in [1.54, 1.807) is 0 Å². The average Bonchev–Trinajstić information content (AvgIpc) is 2.62. The maximum atomic E-state index is 13.1. The van der Waals surface area contributed by atoms with E-state index in [9.17, 15) is 23.9 Å². The number of β-amino-alcohol motifs (C(OH)–C–C–N with tert-alkyl or cyclic N) is 1. The molecule has 0 aromatic heterocycles. The minimum absolute atomic E-state index is 0.0873. The van der Waals surface area contributed by atoms with Gasteiger partial charge in [-0.2, -0.15) is 0 Å². The summed E-state index contributed by atoms with van der Waals surface area (Å²) in [6.07, 6.45) is 0. The number of ketones is 1. The molecule has 1 aliphatic rings. The highest BCUT2D eigenvalue weighted by atomic mass is 19.1. The van der Waals surface area contributed by atoms with Crippen molar-refractivity contribution in [3.05, 3.63) is 29.6 Å². The topological polar surface area (TPSA) is 83.9 Å². The Balaban J connectivity index is 2.38. The van der Waals surface area contributed by atoms with E-state index in [2.05, 4.69) is 4.74 Å². The number of anilines is 1. The van der Waals surface area contributed by atoms with Gasteiger partial charge in [-0.15, -0.1) is 0 Å². The molecule has 1 atom stereocenters. The number of Topliss-reactive ketones (excluding diaryl/α,β-unsaturated/α-hetero) is 1. The summed E-state index contributed by atoms with van der Waals surface area (Å²) < 4.78 is 17.5. The molecule has 6 nitrogen and oxygen atoms in total. The highest BCUT2D eigenvalue weighted by molar-refractivity contribution is 6.52. The van der Waals surface area contributed by atoms with Crippen molar-refractivity contribution in [2.45, 2.75) is 12.5 Å². The standard InChI is InChI=1S/C13H12FNO5/c1-13(19,12(18)20-2)6-15-9-4-3-7(14)5-8(9)10(16)11(15)17/h3-5,19H,6H2,1-2H3. The molecular weight excluding hydrogens is 269 g/mol. The Morgan fingerprint density at radius 3 is 2.70 bits per heavy atom. The first-order chi connectivity index (χ1) is 9.27. The molecule has 1 N–H and O–H groups in total. The number of ether oxygens (including phenoxy) is 1. The number of rotatable bonds is 3. The second kappa shape index (κ2) is 4.68. The molecule has 0 aliphatic carbocycles. The van der Waals surface area contributed by atoms with Crippen LogP contribution in [-0.4, -0.2) is 42.0 Å². The van der Waals surface area contributed by atoms with Crippen LogP contribution in [0.2, 0.25) is 0 Å². The van der Waals surface area contributed by atoms with Crippen molar-refractivity contribution in [2.75, 3.05) is 18.6 Å². The number of fused-ring (bicyclic) bond motifs is 1. The van der Waals surface area contributed by atoms with E-state index in [4.69, 9.17) is 0 Å². The first-order valence-corrected chi connectivity index (χ1v) is 5.74. The Labute approximate surface area is 113 Å². The Hall–Kier alpha value is -2.28. The molecule has 0 bridgehead atoms. The number of hydrogen-bond donors (Lipinski definition) is 1. The molecule has 1 unspecified atom stereocenters. The first-order valence-electron chi connectivity index (χ1n) is 5.74. The quantitative estimate of drug-likeness (QED) is 0.635. The summed E-state index contributed by atoms with van der Waals surface area (Å²) in [6, 6.07) is 3.29. The molecule has 0 saturated carbocycles. The largest absolute Gasteiger partial charge is 0.467 e. The molecule has 0 fully saturated rings. The van der Waals surface area contributed by atoms with Gasteiger partial charge in [0, 0.05) is 0 Å². The maximum absolute atomic E-state index is 13.1. The zero-order valence-electron chi connectivity index (χ0n) is 10.8. The number of hydrogen-bond acceptors (Lipinski definition) is 5. The first kappa shape index (κ1) is 14.1. The molecule has 20 heavy (non-hydrogen) atoms. The zero-order chi connectivity index (χ0) is 15.1. The predicted molar refractivity (Wildman–Crippen MR) is 65.7 cm³/mol. The molecule has 1 aromatic rings. The van der Waals surface area contributed by atoms with Gasteiger partial charge in [-0.25, -0.2) is 9.18 Å². The zero-order valence-corrected chi connectivity index (χ0v) is 10.8. The Kier molecular flexibility index (Phi) is 3.31. The van der Waals surface area contributed by atoms with Crippen LogP contribution < -0.4 is 4.90 Å². The lowest BCUT2D eigenvalue weighted by atomic mass is 10.1. The van der Waals surface area contributed by atoms with Gasteiger partial charge in [0.15, 0.2) is 5.60 Å². The fraction of sp³-hybridized carbons (Fsp3) is 0.308. The van der Waals surface area contributed by atoms with E-state index < -0.39 is 35.6 Å². The number of halogens is 1. The molecule has 106 valence electrons. The number of benzene rings is 1. The summed E-state index contributed by atoms with van der Waals surface area (Å²) in [4.78, 5) is 35.9. The predicted octanol–water partition coefficient (Wildman–Crippen LogP) is 0.279. The van der Waals surface area contributed by atoms with Gasteiger partial charge < -0.3 is 14.7 Å². The molecule has 1 heterocycles. The van der Waals surface area contributed by atoms with Gasteiger partial charge in [0.2, 0.25) is 0 Å². The van der Waals surface area contributed by atoms with E-state index >= 15 is 0 Å². The van der Waals surface area contributed by atoms with Gasteiger partial charge >= 0.3 is 5.97 Å². The number of esters is 1. The van der Waals surface area contributed by atoms with Crippen molar-refractivity contribution in [3.8, 4) is 0 Å². The molecule has 0 spiro atoms. The smallest absolute Gasteiger partial charge is 0.339 e. The fourth-order valence-corrected chi connectivity index (χ4v) is 2.02. The van der Waals surface area contributed by atoms with Crippen molar-refractivity contribution in [2.24, 2.45) is 0 Å². The van der Waals surface area contributed by atoms with E-state index in [-0.39, 0.29) is 11.3 Å². The third-order valence-corrected chi connectivity index (χ3v) is 3.02. The fourth-order valence-electron chi connectivity index (χ4n) is 2.02. The number of amides is 1. The number of aliphatic hydroxyl groups is 1. The summed E-state index contributed by atoms with van der Waals surface area (Å²) in [5.41, 5.74) is -1.90. The summed E-state index contributed by atoms with van der Waals surface area (Å²) in [5, 5.41) is 9.97. The second-order valence-electron chi connectivity index (χ2n) is 4.65. The van der Waals surface area contributed by atoms with Gasteiger partial charge in [0.1, 0.15) is 5.82 Å². The molecule has 7 heteroatoms. The molecule has 2 rings (SSSR count). The number of methoxy groups -OCH3 is 1. The minimum Gasteiger partial charge on any atom is -0.467 e. The minimum atomic E-state index is -1.97. The van der Waals surface area contributed by atoms with Crippen LogP contribution >= 0.6 is 0 Å². The molecule has 1 aromatic carbocycles. The molecule has 0 radical (unpaired) electrons. The van der Waals surface area contributed by atoms with Gasteiger partial charge in [0.05, 0.1) is 24.9 Å². The second-order valence-corrected chi connectivity index (χ2v) is 4.65. The van der Waals surface area contributed by atoms with E-state index in [0.717, 1.165) is 31.1 Å². The van der Waals surface area contributed by atoms with Crippen LogP contribution in [0, 0.1) is 5.82 Å². The number of carbonyl (C=O) groups is 3. The van der Waals surface area contributed by atoms with Crippen molar-refractivity contribution < 1.29 is 28.6 Å². The third-order valence-electron chi connectivity index (χ3n) is 3.02. The third kappa shape index (κ3) is 2.16. The summed E-state index contributed by atoms with van der Waals surface area (Å²) in [7, 11) is 1.09. The lowest BCUT2D eigenvalue weighted by Gasteiger charge is -2.26. The maximum Gasteiger partial charge on any atom is 0.339 e. The molecule has 1 aliphatic heterocycles. The van der Waals surface area contributed by atoms with Gasteiger partial charge in [0.25, 0.3) is 11.7 Å². The van der Waals surface area contributed by atoms with Crippen molar-refractivity contribution in [1.82, 2.24) is 0 Å². The van der Waals surface area contributed by atoms with Crippen LogP contribution in [0.1, 0.15) is 17.3 Å². The van der Waals surface area contributed by atoms with E-state index in [0.29, 0.717) is 0 Å². The highest BCUT2D eigenvalue weighted by Gasteiger charge is 2.42. The number of carbonyl (C=O) groups excluding carboxylic acids is 3. The summed E-state index contributed by atoms with van der Waals surface area (Å²) >= 11 is 0. The van der Waals surface area contributed by atoms with E-state index in [1.807, 2.05) is 0 Å². The monoisotopic (exact) mass is 281 g/mol. The Morgan fingerprint density at radius 1 is 1.45 bits per heavy atom. The average molecular weight is 281 g/mol. The van der Waals surface area contributed by atoms with Crippen molar-refractivity contribution in [1.29, 1.82) is 0 Å². The number of nitrogens with zero attached hydrogens (tertiary/aromatic N) is 1. The van der Waals surface area contributed by atoms with Crippen LogP contribution in [0.25, 0.3) is 0 Å². The lowest BCUT2D eigenvalue weighted by molar-refractivity contribution is -0.159. The SMILES string of the molecule is COC(=O)C(C)(O)CN1C(=O)C(=O)c2cc(F)ccc21. The molecule has 0 saturated heterocycles. The lowest BCUT2D eigenvalue weighted by Crippen LogP contribution is -2.49. The van der Waals surface area contributed by atoms with Crippen LogP contribution in [0.4, 0.5) is 10.1 Å². The van der Waals surface area contributed by atoms with Crippen molar-refractivity contribution >= 4 is 23.3 Å². The van der Waals surface area contributed by atoms with Crippen LogP contribution in [0.5, 0.6) is 0 Å². The Morgan fingerprint density at radius 2 is 2.10 bits per heavy atom. The van der Waals surface area contributed by atoms with Gasteiger partial charge in [-0.05, 0) is 25.1 Å². The normalized spacial score (nSPS) is 16.9. The Bertz CT molecular complexity index is 611. The van der Waals surface area contributed by atoms with Gasteiger partial charge in [-0.1, -0.05) is 0 Å². The van der Waals surface area contributed by atoms with Crippen molar-refractivity contribution in [3.63, 3.8) is 0 Å². The van der Waals surface area contributed by atoms with E-state index in [1.165, 1.54) is 6.07 Å². The molecular formula is C13H12FNO5. The molecule has 1 amide bonds. The van der Waals surface area contributed by atoms with Crippen LogP contribution in [0.3, 0.4) is 0 Å². The summed E-state index contributed by atoms with van der Waals surface area (Å²) in [5.74, 6) is -3.38. The van der Waals surface area contributed by atoms with Crippen LogP contribution in [0.15, 0.2) is 18.2 Å². The van der Waals surface area contributed by atoms with Gasteiger partial charge in [-0.3, -0.25) is 9.59 Å². The highest BCUT2D eigenvalue weighted by Crippen LogP contribution is 2.30.